The zero-order valence-electron chi connectivity index (χ0n) is 19.8. The standard InChI is InChI=1S/C24H26ClN5O2S3/c1-4-10-33-22-27-21-19(16-11-24(3,5-2)32-12-17(16)35-21)20-28-29-23(30(20)22)34-13-18(31)26-15-8-6-14(25)7-9-15/h6-9H,4-5,10-13H2,1-3H3,(H,26,31)/t24-/m0/s1. The third-order valence-electron chi connectivity index (χ3n) is 6.06. The number of benzene rings is 1. The van der Waals surface area contributed by atoms with Gasteiger partial charge in [-0.25, -0.2) is 9.38 Å². The summed E-state index contributed by atoms with van der Waals surface area (Å²) in [7, 11) is 0. The van der Waals surface area contributed by atoms with Crippen LogP contribution in [-0.2, 0) is 22.6 Å². The average molecular weight is 548 g/mol. The molecule has 0 unspecified atom stereocenters. The Balaban J connectivity index is 1.48. The van der Waals surface area contributed by atoms with Gasteiger partial charge in [0, 0.05) is 27.8 Å². The van der Waals surface area contributed by atoms with Gasteiger partial charge in [0.05, 0.1) is 23.3 Å². The number of hydrogen-bond donors (Lipinski definition) is 1. The van der Waals surface area contributed by atoms with Gasteiger partial charge in [0.25, 0.3) is 0 Å². The summed E-state index contributed by atoms with van der Waals surface area (Å²) in [6.45, 7) is 7.08. The number of anilines is 1. The van der Waals surface area contributed by atoms with E-state index in [0.29, 0.717) is 22.5 Å². The highest BCUT2D eigenvalue weighted by Gasteiger charge is 2.33. The van der Waals surface area contributed by atoms with E-state index in [1.807, 2.05) is 4.40 Å². The number of fused-ring (bicyclic) bond motifs is 5. The highest BCUT2D eigenvalue weighted by molar-refractivity contribution is 8.00. The minimum atomic E-state index is -0.190. The van der Waals surface area contributed by atoms with Crippen LogP contribution in [0.15, 0.2) is 34.6 Å². The summed E-state index contributed by atoms with van der Waals surface area (Å²) in [6, 6.07) is 7.07. The highest BCUT2D eigenvalue weighted by Crippen LogP contribution is 2.42. The molecule has 4 aromatic rings. The maximum absolute atomic E-state index is 12.6. The van der Waals surface area contributed by atoms with Gasteiger partial charge in [0.2, 0.25) is 5.91 Å². The monoisotopic (exact) mass is 547 g/mol. The minimum absolute atomic E-state index is 0.116. The highest BCUT2D eigenvalue weighted by atomic mass is 35.5. The van der Waals surface area contributed by atoms with E-state index in [0.717, 1.165) is 46.0 Å². The van der Waals surface area contributed by atoms with Crippen LogP contribution in [0.3, 0.4) is 0 Å². The Labute approximate surface area is 221 Å². The number of amides is 1. The number of ether oxygens (including phenoxy) is 1. The first-order valence-corrected chi connectivity index (χ1v) is 14.7. The number of thiophene rings is 1. The molecule has 1 aliphatic rings. The van der Waals surface area contributed by atoms with E-state index < -0.39 is 0 Å². The Morgan fingerprint density at radius 1 is 1.23 bits per heavy atom. The number of rotatable bonds is 8. The van der Waals surface area contributed by atoms with Crippen molar-refractivity contribution >= 4 is 73.9 Å². The van der Waals surface area contributed by atoms with E-state index in [1.54, 1.807) is 47.4 Å². The van der Waals surface area contributed by atoms with Crippen molar-refractivity contribution in [2.75, 3.05) is 16.8 Å². The topological polar surface area (TPSA) is 81.4 Å². The molecule has 11 heteroatoms. The summed E-state index contributed by atoms with van der Waals surface area (Å²) in [6.07, 6.45) is 2.80. The molecule has 1 N–H and O–H groups in total. The first-order valence-electron chi connectivity index (χ1n) is 11.5. The number of aromatic nitrogens is 4. The maximum atomic E-state index is 12.6. The van der Waals surface area contributed by atoms with Crippen molar-refractivity contribution in [3.63, 3.8) is 0 Å². The molecule has 0 saturated carbocycles. The molecule has 0 fully saturated rings. The molecular formula is C24H26ClN5O2S3. The lowest BCUT2D eigenvalue weighted by molar-refractivity contribution is -0.113. The lowest BCUT2D eigenvalue weighted by Crippen LogP contribution is -2.33. The maximum Gasteiger partial charge on any atom is 0.234 e. The van der Waals surface area contributed by atoms with Crippen molar-refractivity contribution in [3.05, 3.63) is 39.7 Å². The molecule has 7 nitrogen and oxygen atoms in total. The molecule has 0 bridgehead atoms. The summed E-state index contributed by atoms with van der Waals surface area (Å²) < 4.78 is 8.20. The summed E-state index contributed by atoms with van der Waals surface area (Å²) >= 11 is 10.7. The van der Waals surface area contributed by atoms with Gasteiger partial charge in [0.15, 0.2) is 16.0 Å². The van der Waals surface area contributed by atoms with Crippen LogP contribution in [0.1, 0.15) is 44.1 Å². The fourth-order valence-electron chi connectivity index (χ4n) is 3.99. The van der Waals surface area contributed by atoms with Crippen molar-refractivity contribution in [1.82, 2.24) is 19.6 Å². The van der Waals surface area contributed by atoms with Gasteiger partial charge in [0.1, 0.15) is 4.83 Å². The third-order valence-corrected chi connectivity index (χ3v) is 9.49. The molecule has 35 heavy (non-hydrogen) atoms. The van der Waals surface area contributed by atoms with E-state index in [9.17, 15) is 4.79 Å². The summed E-state index contributed by atoms with van der Waals surface area (Å²) in [4.78, 5) is 19.8. The Kier molecular flexibility index (Phi) is 7.28. The van der Waals surface area contributed by atoms with Gasteiger partial charge >= 0.3 is 0 Å². The first-order chi connectivity index (χ1) is 16.9. The van der Waals surface area contributed by atoms with Crippen LogP contribution in [-0.4, -0.2) is 42.6 Å². The van der Waals surface area contributed by atoms with Gasteiger partial charge in [-0.2, -0.15) is 0 Å². The molecule has 1 aromatic carbocycles. The largest absolute Gasteiger partial charge is 0.369 e. The second-order valence-electron chi connectivity index (χ2n) is 8.68. The number of carbonyl (C=O) groups excluding carboxylic acids is 1. The number of nitrogens with zero attached hydrogens (tertiary/aromatic N) is 4. The molecule has 1 amide bonds. The Hall–Kier alpha value is -1.85. The van der Waals surface area contributed by atoms with E-state index in [4.69, 9.17) is 21.3 Å². The normalized spacial score (nSPS) is 17.7. The van der Waals surface area contributed by atoms with E-state index >= 15 is 0 Å². The lowest BCUT2D eigenvalue weighted by atomic mass is 9.90. The summed E-state index contributed by atoms with van der Waals surface area (Å²) in [5.74, 6) is 1.03. The van der Waals surface area contributed by atoms with Crippen LogP contribution in [0.5, 0.6) is 0 Å². The Morgan fingerprint density at radius 3 is 2.77 bits per heavy atom. The lowest BCUT2D eigenvalue weighted by Gasteiger charge is -2.33. The molecule has 3 aromatic heterocycles. The molecule has 5 rings (SSSR count). The van der Waals surface area contributed by atoms with Crippen LogP contribution < -0.4 is 5.32 Å². The summed E-state index contributed by atoms with van der Waals surface area (Å²) in [5.41, 5.74) is 2.60. The van der Waals surface area contributed by atoms with Gasteiger partial charge in [-0.15, -0.1) is 21.5 Å². The smallest absolute Gasteiger partial charge is 0.234 e. The molecule has 0 radical (unpaired) electrons. The Morgan fingerprint density at radius 2 is 2.03 bits per heavy atom. The number of halogens is 1. The van der Waals surface area contributed by atoms with Crippen LogP contribution in [0.25, 0.3) is 15.9 Å². The van der Waals surface area contributed by atoms with Crippen LogP contribution in [0, 0.1) is 0 Å². The quantitative estimate of drug-likeness (QED) is 0.200. The molecule has 1 aliphatic heterocycles. The molecule has 0 saturated heterocycles. The average Bonchev–Trinajstić information content (AvgIpc) is 3.43. The molecular weight excluding hydrogens is 522 g/mol. The number of carbonyl (C=O) groups is 1. The minimum Gasteiger partial charge on any atom is -0.369 e. The predicted octanol–water partition coefficient (Wildman–Crippen LogP) is 6.47. The van der Waals surface area contributed by atoms with Crippen molar-refractivity contribution in [1.29, 1.82) is 0 Å². The van der Waals surface area contributed by atoms with E-state index in [2.05, 4.69) is 36.3 Å². The zero-order chi connectivity index (χ0) is 24.6. The molecule has 184 valence electrons. The molecule has 4 heterocycles. The second kappa shape index (κ2) is 10.3. The van der Waals surface area contributed by atoms with Gasteiger partial charge in [-0.05, 0) is 49.6 Å². The van der Waals surface area contributed by atoms with Crippen molar-refractivity contribution < 1.29 is 9.53 Å². The fraction of sp³-hybridized carbons (Fsp3) is 0.417. The van der Waals surface area contributed by atoms with Crippen molar-refractivity contribution in [2.24, 2.45) is 0 Å². The van der Waals surface area contributed by atoms with E-state index in [1.165, 1.54) is 22.2 Å². The van der Waals surface area contributed by atoms with Gasteiger partial charge in [-0.3, -0.25) is 4.79 Å². The number of nitrogens with one attached hydrogen (secondary N) is 1. The van der Waals surface area contributed by atoms with Gasteiger partial charge < -0.3 is 10.1 Å². The number of hydrogen-bond acceptors (Lipinski definition) is 8. The Bertz CT molecular complexity index is 1390. The predicted molar refractivity (Wildman–Crippen MR) is 145 cm³/mol. The van der Waals surface area contributed by atoms with E-state index in [-0.39, 0.29) is 17.3 Å². The molecule has 1 atom stereocenters. The van der Waals surface area contributed by atoms with Crippen molar-refractivity contribution in [3.8, 4) is 0 Å². The van der Waals surface area contributed by atoms with Crippen LogP contribution in [0.2, 0.25) is 5.02 Å². The SMILES string of the molecule is CCCSc1nc2sc3c(c2c2nnc(SCC(=O)Nc4ccc(Cl)cc4)n12)C[C@](C)(CC)OC3. The molecule has 0 aliphatic carbocycles. The second-order valence-corrected chi connectivity index (χ2v) is 12.2. The first kappa shape index (κ1) is 24.8. The zero-order valence-corrected chi connectivity index (χ0v) is 23.0. The van der Waals surface area contributed by atoms with Crippen LogP contribution >= 0.6 is 46.5 Å². The third kappa shape index (κ3) is 5.04. The van der Waals surface area contributed by atoms with Crippen LogP contribution in [0.4, 0.5) is 5.69 Å². The fourth-order valence-corrected chi connectivity index (χ4v) is 6.90. The number of thioether (sulfide) groups is 2. The van der Waals surface area contributed by atoms with Crippen molar-refractivity contribution in [2.45, 2.75) is 62.6 Å². The molecule has 0 spiro atoms. The van der Waals surface area contributed by atoms with Gasteiger partial charge in [-0.1, -0.05) is 49.0 Å². The summed E-state index contributed by atoms with van der Waals surface area (Å²) in [5, 5.41) is 15.2.